The fourth-order valence-electron chi connectivity index (χ4n) is 2.01. The number of benzene rings is 1. The first-order chi connectivity index (χ1) is 8.43. The first-order valence-electron chi connectivity index (χ1n) is 5.81. The first-order valence-corrected chi connectivity index (χ1v) is 8.55. The van der Waals surface area contributed by atoms with Crippen molar-refractivity contribution in [3.8, 4) is 0 Å². The van der Waals surface area contributed by atoms with Gasteiger partial charge < -0.3 is 0 Å². The molecular weight excluding hydrogens is 338 g/mol. The Hall–Kier alpha value is -0.100. The van der Waals surface area contributed by atoms with E-state index in [-0.39, 0.29) is 14.7 Å². The third-order valence-corrected chi connectivity index (χ3v) is 6.84. The smallest absolute Gasteiger partial charge is 0.207 e. The number of halogens is 2. The molecule has 100 valence electrons. The van der Waals surface area contributed by atoms with Gasteiger partial charge in [-0.15, -0.1) is 0 Å². The lowest BCUT2D eigenvalue weighted by Crippen LogP contribution is -2.43. The van der Waals surface area contributed by atoms with Gasteiger partial charge >= 0.3 is 0 Å². The van der Waals surface area contributed by atoms with E-state index in [0.717, 1.165) is 6.42 Å². The van der Waals surface area contributed by atoms with Crippen molar-refractivity contribution in [3.63, 3.8) is 0 Å². The molecule has 0 aliphatic carbocycles. The van der Waals surface area contributed by atoms with E-state index in [2.05, 4.69) is 22.9 Å². The summed E-state index contributed by atoms with van der Waals surface area (Å²) in [7, 11) is -3.48. The van der Waals surface area contributed by atoms with Gasteiger partial charge in [-0.2, -0.15) is 4.31 Å². The summed E-state index contributed by atoms with van der Waals surface area (Å²) in [5, 5.41) is 0.280. The number of piperidine rings is 1. The fraction of sp³-hybridized carbons (Fsp3) is 0.500. The molecular formula is C12H15BrClNO2S. The quantitative estimate of drug-likeness (QED) is 0.767. The van der Waals surface area contributed by atoms with Crippen LogP contribution < -0.4 is 0 Å². The maximum Gasteiger partial charge on any atom is 0.244 e. The van der Waals surface area contributed by atoms with Crippen molar-refractivity contribution in [2.45, 2.75) is 23.1 Å². The molecule has 1 heterocycles. The predicted octanol–water partition coefficient (Wildman–Crippen LogP) is 3.13. The molecule has 1 aromatic carbocycles. The molecule has 1 saturated heterocycles. The second kappa shape index (κ2) is 5.49. The van der Waals surface area contributed by atoms with Crippen LogP contribution in [0.2, 0.25) is 5.02 Å². The molecule has 1 fully saturated rings. The Kier molecular flexibility index (Phi) is 4.36. The largest absolute Gasteiger partial charge is 0.244 e. The van der Waals surface area contributed by atoms with Crippen LogP contribution in [0.5, 0.6) is 0 Å². The average Bonchev–Trinajstić information content (AvgIpc) is 2.33. The molecule has 3 nitrogen and oxygen atoms in total. The van der Waals surface area contributed by atoms with Crippen molar-refractivity contribution in [3.05, 3.63) is 29.3 Å². The lowest BCUT2D eigenvalue weighted by atomic mass is 10.0. The molecule has 1 aromatic rings. The van der Waals surface area contributed by atoms with Gasteiger partial charge in [0.25, 0.3) is 0 Å². The summed E-state index contributed by atoms with van der Waals surface area (Å²) in [5.41, 5.74) is 0. The molecule has 0 N–H and O–H groups in total. The van der Waals surface area contributed by atoms with Gasteiger partial charge in [-0.1, -0.05) is 46.6 Å². The van der Waals surface area contributed by atoms with E-state index >= 15 is 0 Å². The fourth-order valence-corrected chi connectivity index (χ4v) is 4.79. The summed E-state index contributed by atoms with van der Waals surface area (Å²) >= 11 is 9.51. The van der Waals surface area contributed by atoms with E-state index < -0.39 is 10.0 Å². The molecule has 18 heavy (non-hydrogen) atoms. The van der Waals surface area contributed by atoms with E-state index in [4.69, 9.17) is 11.6 Å². The van der Waals surface area contributed by atoms with Crippen LogP contribution >= 0.6 is 27.5 Å². The van der Waals surface area contributed by atoms with Crippen LogP contribution in [0.3, 0.4) is 0 Å². The van der Waals surface area contributed by atoms with Crippen molar-refractivity contribution in [1.82, 2.24) is 4.31 Å². The highest BCUT2D eigenvalue weighted by molar-refractivity contribution is 9.09. The molecule has 0 saturated carbocycles. The summed E-state index contributed by atoms with van der Waals surface area (Å²) in [6.07, 6.45) is 0.861. The predicted molar refractivity (Wildman–Crippen MR) is 76.7 cm³/mol. The molecule has 6 heteroatoms. The molecule has 1 aliphatic heterocycles. The van der Waals surface area contributed by atoms with Crippen LogP contribution in [-0.4, -0.2) is 30.6 Å². The van der Waals surface area contributed by atoms with Crippen LogP contribution in [-0.2, 0) is 10.0 Å². The Balaban J connectivity index is 2.30. The standard InChI is InChI=1S/C12H15BrClNO2S/c1-9-6-7-15(8-10(9)13)18(16,17)12-5-3-2-4-11(12)14/h2-5,9-10H,6-8H2,1H3. The van der Waals surface area contributed by atoms with Gasteiger partial charge in [0.1, 0.15) is 4.90 Å². The molecule has 1 aliphatic rings. The van der Waals surface area contributed by atoms with Gasteiger partial charge in [0.15, 0.2) is 0 Å². The van der Waals surface area contributed by atoms with Gasteiger partial charge in [0.2, 0.25) is 10.0 Å². The van der Waals surface area contributed by atoms with Crippen molar-refractivity contribution < 1.29 is 8.42 Å². The summed E-state index contributed by atoms with van der Waals surface area (Å²) in [6, 6.07) is 6.58. The normalized spacial score (nSPS) is 26.2. The SMILES string of the molecule is CC1CCN(S(=O)(=O)c2ccccc2Cl)CC1Br. The number of rotatable bonds is 2. The minimum Gasteiger partial charge on any atom is -0.207 e. The molecule has 0 spiro atoms. The van der Waals surface area contributed by atoms with E-state index in [1.165, 1.54) is 4.31 Å². The molecule has 2 unspecified atom stereocenters. The highest BCUT2D eigenvalue weighted by Crippen LogP contribution is 2.30. The van der Waals surface area contributed by atoms with Crippen LogP contribution in [0.15, 0.2) is 29.2 Å². The van der Waals surface area contributed by atoms with Gasteiger partial charge in [0.05, 0.1) is 5.02 Å². The first kappa shape index (κ1) is 14.3. The highest BCUT2D eigenvalue weighted by atomic mass is 79.9. The second-order valence-electron chi connectivity index (χ2n) is 4.58. The van der Waals surface area contributed by atoms with Gasteiger partial charge in [-0.3, -0.25) is 0 Å². The maximum absolute atomic E-state index is 12.5. The van der Waals surface area contributed by atoms with E-state index in [9.17, 15) is 8.42 Å². The van der Waals surface area contributed by atoms with Crippen LogP contribution in [0.1, 0.15) is 13.3 Å². The molecule has 0 radical (unpaired) electrons. The monoisotopic (exact) mass is 351 g/mol. The zero-order valence-electron chi connectivity index (χ0n) is 10.0. The van der Waals surface area contributed by atoms with E-state index in [0.29, 0.717) is 19.0 Å². The second-order valence-corrected chi connectivity index (χ2v) is 8.07. The Morgan fingerprint density at radius 1 is 1.39 bits per heavy atom. The van der Waals surface area contributed by atoms with Crippen molar-refractivity contribution in [2.24, 2.45) is 5.92 Å². The molecule has 0 aromatic heterocycles. The van der Waals surface area contributed by atoms with Gasteiger partial charge in [0, 0.05) is 17.9 Å². The highest BCUT2D eigenvalue weighted by Gasteiger charge is 2.33. The Morgan fingerprint density at radius 3 is 2.67 bits per heavy atom. The summed E-state index contributed by atoms with van der Waals surface area (Å²) in [6.45, 7) is 3.17. The molecule has 0 amide bonds. The Morgan fingerprint density at radius 2 is 2.06 bits per heavy atom. The van der Waals surface area contributed by atoms with Crippen molar-refractivity contribution >= 4 is 37.6 Å². The Bertz CT molecular complexity index is 535. The summed E-state index contributed by atoms with van der Waals surface area (Å²) in [4.78, 5) is 0.393. The minimum absolute atomic E-state index is 0.195. The third-order valence-electron chi connectivity index (χ3n) is 3.28. The molecule has 2 rings (SSSR count). The summed E-state index contributed by atoms with van der Waals surface area (Å²) in [5.74, 6) is 0.489. The zero-order valence-corrected chi connectivity index (χ0v) is 13.2. The molecule has 0 bridgehead atoms. The number of sulfonamides is 1. The van der Waals surface area contributed by atoms with E-state index in [1.54, 1.807) is 24.3 Å². The van der Waals surface area contributed by atoms with Crippen LogP contribution in [0, 0.1) is 5.92 Å². The maximum atomic E-state index is 12.5. The lowest BCUT2D eigenvalue weighted by molar-refractivity contribution is 0.300. The Labute approximate surface area is 121 Å². The number of alkyl halides is 1. The number of hydrogen-bond acceptors (Lipinski definition) is 2. The third kappa shape index (κ3) is 2.74. The molecule has 2 atom stereocenters. The summed E-state index contributed by atoms with van der Waals surface area (Å²) < 4.78 is 26.5. The van der Waals surface area contributed by atoms with Crippen molar-refractivity contribution in [1.29, 1.82) is 0 Å². The van der Waals surface area contributed by atoms with Crippen molar-refractivity contribution in [2.75, 3.05) is 13.1 Å². The van der Waals surface area contributed by atoms with Gasteiger partial charge in [-0.25, -0.2) is 8.42 Å². The van der Waals surface area contributed by atoms with Crippen LogP contribution in [0.25, 0.3) is 0 Å². The average molecular weight is 353 g/mol. The topological polar surface area (TPSA) is 37.4 Å². The van der Waals surface area contributed by atoms with E-state index in [1.807, 2.05) is 0 Å². The minimum atomic E-state index is -3.48. The number of hydrogen-bond donors (Lipinski definition) is 0. The lowest BCUT2D eigenvalue weighted by Gasteiger charge is -2.33. The van der Waals surface area contributed by atoms with Crippen LogP contribution in [0.4, 0.5) is 0 Å². The number of nitrogens with zero attached hydrogens (tertiary/aromatic N) is 1. The zero-order chi connectivity index (χ0) is 13.3. The van der Waals surface area contributed by atoms with Gasteiger partial charge in [-0.05, 0) is 24.5 Å².